The molecule has 0 atom stereocenters. The molecule has 1 heterocycles. The first kappa shape index (κ1) is 22.7. The first-order valence-electron chi connectivity index (χ1n) is 11.0. The predicted molar refractivity (Wildman–Crippen MR) is 140 cm³/mol. The molecule has 35 heavy (non-hydrogen) atoms. The fourth-order valence-corrected chi connectivity index (χ4v) is 4.18. The zero-order valence-corrected chi connectivity index (χ0v) is 20.2. The number of hydrazone groups is 1. The summed E-state index contributed by atoms with van der Waals surface area (Å²) < 4.78 is 20.5. The average Bonchev–Trinajstić information content (AvgIpc) is 3.20. The molecule has 0 N–H and O–H groups in total. The summed E-state index contributed by atoms with van der Waals surface area (Å²) in [6.07, 6.45) is 1.79. The lowest BCUT2D eigenvalue weighted by molar-refractivity contribution is -0.114. The van der Waals surface area contributed by atoms with Crippen LogP contribution in [0, 0.1) is 5.82 Å². The van der Waals surface area contributed by atoms with Gasteiger partial charge in [0.05, 0.1) is 11.3 Å². The van der Waals surface area contributed by atoms with Gasteiger partial charge in [0.2, 0.25) is 0 Å². The number of amides is 1. The van der Waals surface area contributed by atoms with Crippen molar-refractivity contribution in [3.05, 3.63) is 136 Å². The quantitative estimate of drug-likeness (QED) is 0.254. The van der Waals surface area contributed by atoms with Crippen molar-refractivity contribution in [1.82, 2.24) is 0 Å². The molecule has 0 bridgehead atoms. The minimum Gasteiger partial charge on any atom is -0.488 e. The van der Waals surface area contributed by atoms with Gasteiger partial charge in [-0.3, -0.25) is 4.79 Å². The van der Waals surface area contributed by atoms with E-state index in [9.17, 15) is 9.18 Å². The number of anilines is 1. The average molecular weight is 527 g/mol. The molecule has 0 aliphatic carbocycles. The maximum absolute atomic E-state index is 13.6. The van der Waals surface area contributed by atoms with Crippen molar-refractivity contribution in [2.75, 3.05) is 5.01 Å². The van der Waals surface area contributed by atoms with Crippen LogP contribution in [0.4, 0.5) is 10.1 Å². The highest BCUT2D eigenvalue weighted by atomic mass is 79.9. The fourth-order valence-electron chi connectivity index (χ4n) is 3.81. The molecule has 0 spiro atoms. The van der Waals surface area contributed by atoms with E-state index in [0.717, 1.165) is 10.0 Å². The second kappa shape index (κ2) is 10.1. The van der Waals surface area contributed by atoms with Gasteiger partial charge in [-0.25, -0.2) is 4.39 Å². The summed E-state index contributed by atoms with van der Waals surface area (Å²) in [6, 6.07) is 30.8. The summed E-state index contributed by atoms with van der Waals surface area (Å²) in [6.45, 7) is 0.194. The molecule has 4 aromatic carbocycles. The summed E-state index contributed by atoms with van der Waals surface area (Å²) in [5, 5.41) is 6.10. The molecule has 0 fully saturated rings. The Morgan fingerprint density at radius 1 is 0.886 bits per heavy atom. The molecular formula is C29H20BrFN2O2. The van der Waals surface area contributed by atoms with Crippen LogP contribution >= 0.6 is 15.9 Å². The molecule has 4 aromatic rings. The minimum atomic E-state index is -0.314. The topological polar surface area (TPSA) is 41.9 Å². The first-order valence-corrected chi connectivity index (χ1v) is 11.8. The Balaban J connectivity index is 1.54. The van der Waals surface area contributed by atoms with E-state index in [1.807, 2.05) is 78.9 Å². The number of hydrogen-bond acceptors (Lipinski definition) is 3. The van der Waals surface area contributed by atoms with E-state index in [-0.39, 0.29) is 18.3 Å². The van der Waals surface area contributed by atoms with Gasteiger partial charge < -0.3 is 4.74 Å². The standard InChI is InChI=1S/C29H20BrFN2O2/c30-23-14-15-27(35-19-20-8-7-11-24(31)16-20)22(17-23)18-26-28(21-9-3-1-4-10-21)32-33(29(26)34)25-12-5-2-6-13-25/h1-18H,19H2/b26-18-. The Labute approximate surface area is 211 Å². The fraction of sp³-hybridized carbons (Fsp3) is 0.0345. The van der Waals surface area contributed by atoms with Crippen molar-refractivity contribution in [3.63, 3.8) is 0 Å². The lowest BCUT2D eigenvalue weighted by Gasteiger charge is -2.12. The van der Waals surface area contributed by atoms with Gasteiger partial charge in [-0.15, -0.1) is 0 Å². The molecule has 1 aliphatic rings. The number of rotatable bonds is 6. The van der Waals surface area contributed by atoms with Crippen LogP contribution in [-0.4, -0.2) is 11.6 Å². The molecule has 0 saturated heterocycles. The van der Waals surface area contributed by atoms with Gasteiger partial charge in [0.15, 0.2) is 0 Å². The Hall–Kier alpha value is -4.03. The summed E-state index contributed by atoms with van der Waals surface area (Å²) in [4.78, 5) is 13.6. The molecule has 1 amide bonds. The number of hydrogen-bond donors (Lipinski definition) is 0. The van der Waals surface area contributed by atoms with Crippen LogP contribution in [0.25, 0.3) is 6.08 Å². The van der Waals surface area contributed by atoms with Gasteiger partial charge in [0.25, 0.3) is 5.91 Å². The molecule has 172 valence electrons. The van der Waals surface area contributed by atoms with Crippen LogP contribution in [0.15, 0.2) is 118 Å². The Morgan fingerprint density at radius 3 is 2.37 bits per heavy atom. The lowest BCUT2D eigenvalue weighted by atomic mass is 10.00. The molecule has 0 aromatic heterocycles. The summed E-state index contributed by atoms with van der Waals surface area (Å²) in [7, 11) is 0. The zero-order valence-electron chi connectivity index (χ0n) is 18.6. The maximum atomic E-state index is 13.6. The van der Waals surface area contributed by atoms with Crippen molar-refractivity contribution in [2.24, 2.45) is 5.10 Å². The number of carbonyl (C=O) groups excluding carboxylic acids is 1. The van der Waals surface area contributed by atoms with Crippen molar-refractivity contribution in [2.45, 2.75) is 6.61 Å². The minimum absolute atomic E-state index is 0.194. The number of para-hydroxylation sites is 1. The zero-order chi connectivity index (χ0) is 24.2. The van der Waals surface area contributed by atoms with Crippen molar-refractivity contribution in [3.8, 4) is 5.75 Å². The largest absolute Gasteiger partial charge is 0.488 e. The lowest BCUT2D eigenvalue weighted by Crippen LogP contribution is -2.21. The number of halogens is 2. The predicted octanol–water partition coefficient (Wildman–Crippen LogP) is 7.00. The highest BCUT2D eigenvalue weighted by Gasteiger charge is 2.32. The first-order chi connectivity index (χ1) is 17.1. The molecule has 6 heteroatoms. The highest BCUT2D eigenvalue weighted by Crippen LogP contribution is 2.31. The summed E-state index contributed by atoms with van der Waals surface area (Å²) in [5.41, 5.74) is 3.97. The molecule has 4 nitrogen and oxygen atoms in total. The highest BCUT2D eigenvalue weighted by molar-refractivity contribution is 9.10. The summed E-state index contributed by atoms with van der Waals surface area (Å²) >= 11 is 3.52. The van der Waals surface area contributed by atoms with Crippen LogP contribution in [-0.2, 0) is 11.4 Å². The third-order valence-corrected chi connectivity index (χ3v) is 5.97. The second-order valence-electron chi connectivity index (χ2n) is 7.93. The molecule has 5 rings (SSSR count). The molecule has 0 radical (unpaired) electrons. The normalized spacial score (nSPS) is 14.3. The van der Waals surface area contributed by atoms with E-state index in [0.29, 0.717) is 33.8 Å². The number of benzene rings is 4. The van der Waals surface area contributed by atoms with Crippen LogP contribution < -0.4 is 9.75 Å². The molecule has 0 saturated carbocycles. The van der Waals surface area contributed by atoms with Crippen molar-refractivity contribution >= 4 is 39.3 Å². The monoisotopic (exact) mass is 526 g/mol. The van der Waals surface area contributed by atoms with Gasteiger partial charge in [0, 0.05) is 15.6 Å². The van der Waals surface area contributed by atoms with E-state index in [1.54, 1.807) is 18.2 Å². The van der Waals surface area contributed by atoms with Crippen LogP contribution in [0.1, 0.15) is 16.7 Å². The van der Waals surface area contributed by atoms with E-state index in [1.165, 1.54) is 17.1 Å². The van der Waals surface area contributed by atoms with Crippen LogP contribution in [0.5, 0.6) is 5.75 Å². The third-order valence-electron chi connectivity index (χ3n) is 5.48. The maximum Gasteiger partial charge on any atom is 0.281 e. The van der Waals surface area contributed by atoms with Gasteiger partial charge in [-0.05, 0) is 54.1 Å². The Morgan fingerprint density at radius 2 is 1.63 bits per heavy atom. The number of carbonyl (C=O) groups is 1. The van der Waals surface area contributed by atoms with E-state index < -0.39 is 0 Å². The van der Waals surface area contributed by atoms with E-state index >= 15 is 0 Å². The van der Waals surface area contributed by atoms with Gasteiger partial charge >= 0.3 is 0 Å². The van der Waals surface area contributed by atoms with Gasteiger partial charge in [-0.1, -0.05) is 76.6 Å². The Kier molecular flexibility index (Phi) is 6.55. The summed E-state index contributed by atoms with van der Waals surface area (Å²) in [5.74, 6) is 0.0277. The van der Waals surface area contributed by atoms with Gasteiger partial charge in [0.1, 0.15) is 23.9 Å². The second-order valence-corrected chi connectivity index (χ2v) is 8.84. The van der Waals surface area contributed by atoms with Crippen molar-refractivity contribution < 1.29 is 13.9 Å². The molecular weight excluding hydrogens is 507 g/mol. The van der Waals surface area contributed by atoms with E-state index in [4.69, 9.17) is 4.74 Å². The number of nitrogens with zero attached hydrogens (tertiary/aromatic N) is 2. The van der Waals surface area contributed by atoms with Crippen LogP contribution in [0.2, 0.25) is 0 Å². The molecule has 0 unspecified atom stereocenters. The SMILES string of the molecule is O=C1/C(=C\c2cc(Br)ccc2OCc2cccc(F)c2)C(c2ccccc2)=NN1c1ccccc1. The third kappa shape index (κ3) is 5.08. The van der Waals surface area contributed by atoms with Crippen LogP contribution in [0.3, 0.4) is 0 Å². The van der Waals surface area contributed by atoms with E-state index in [2.05, 4.69) is 21.0 Å². The van der Waals surface area contributed by atoms with Crippen molar-refractivity contribution in [1.29, 1.82) is 0 Å². The van der Waals surface area contributed by atoms with Gasteiger partial charge in [-0.2, -0.15) is 10.1 Å². The number of ether oxygens (including phenoxy) is 1. The Bertz CT molecular complexity index is 1440. The molecule has 1 aliphatic heterocycles. The smallest absolute Gasteiger partial charge is 0.281 e.